The summed E-state index contributed by atoms with van der Waals surface area (Å²) in [5, 5.41) is 16.3. The summed E-state index contributed by atoms with van der Waals surface area (Å²) in [4.78, 5) is 11.9. The van der Waals surface area contributed by atoms with Crippen molar-refractivity contribution >= 4 is 11.6 Å². The van der Waals surface area contributed by atoms with Gasteiger partial charge in [0.2, 0.25) is 5.91 Å². The van der Waals surface area contributed by atoms with Crippen LogP contribution in [0.15, 0.2) is 24.3 Å². The molecule has 0 radical (unpaired) electrons. The van der Waals surface area contributed by atoms with Crippen LogP contribution in [-0.2, 0) is 4.79 Å². The maximum atomic E-state index is 11.9. The number of rotatable bonds is 5. The smallest absolute Gasteiger partial charge is 0.238 e. The normalized spacial score (nSPS) is 17.7. The third kappa shape index (κ3) is 4.32. The number of amides is 1. The highest BCUT2D eigenvalue weighted by Gasteiger charge is 2.28. The molecule has 0 aromatic heterocycles. The number of para-hydroxylation sites is 1. The molecule has 0 aliphatic heterocycles. The molecule has 110 valence electrons. The molecule has 1 fully saturated rings. The van der Waals surface area contributed by atoms with Gasteiger partial charge in [-0.1, -0.05) is 37.5 Å². The van der Waals surface area contributed by atoms with Gasteiger partial charge in [0.1, 0.15) is 0 Å². The van der Waals surface area contributed by atoms with Crippen molar-refractivity contribution in [3.63, 3.8) is 0 Å². The second kappa shape index (κ2) is 6.86. The number of aryl methyl sites for hydroxylation is 1. The number of nitrogens with one attached hydrogen (secondary N) is 2. The number of benzene rings is 1. The molecule has 0 heterocycles. The zero-order chi connectivity index (χ0) is 14.4. The van der Waals surface area contributed by atoms with Crippen LogP contribution in [0, 0.1) is 6.92 Å². The molecule has 0 bridgehead atoms. The molecule has 1 aliphatic rings. The Balaban J connectivity index is 1.74. The Labute approximate surface area is 120 Å². The Kier molecular flexibility index (Phi) is 5.15. The van der Waals surface area contributed by atoms with Gasteiger partial charge in [0.25, 0.3) is 0 Å². The minimum Gasteiger partial charge on any atom is -0.389 e. The fourth-order valence-corrected chi connectivity index (χ4v) is 2.70. The Morgan fingerprint density at radius 2 is 1.95 bits per heavy atom. The van der Waals surface area contributed by atoms with E-state index in [2.05, 4.69) is 10.6 Å². The fourth-order valence-electron chi connectivity index (χ4n) is 2.70. The zero-order valence-corrected chi connectivity index (χ0v) is 12.1. The lowest BCUT2D eigenvalue weighted by atomic mass is 9.85. The van der Waals surface area contributed by atoms with Crippen molar-refractivity contribution in [2.75, 3.05) is 18.4 Å². The summed E-state index contributed by atoms with van der Waals surface area (Å²) in [5.41, 5.74) is 1.27. The molecule has 1 amide bonds. The van der Waals surface area contributed by atoms with E-state index in [9.17, 15) is 9.90 Å². The molecule has 1 aliphatic carbocycles. The van der Waals surface area contributed by atoms with Crippen LogP contribution >= 0.6 is 0 Å². The highest BCUT2D eigenvalue weighted by atomic mass is 16.3. The van der Waals surface area contributed by atoms with Crippen molar-refractivity contribution in [3.8, 4) is 0 Å². The Hall–Kier alpha value is -1.39. The van der Waals surface area contributed by atoms with E-state index in [1.165, 1.54) is 6.42 Å². The first-order chi connectivity index (χ1) is 9.59. The van der Waals surface area contributed by atoms with Gasteiger partial charge >= 0.3 is 0 Å². The highest BCUT2D eigenvalue weighted by Crippen LogP contribution is 2.27. The van der Waals surface area contributed by atoms with Crippen LogP contribution in [0.4, 0.5) is 5.69 Å². The van der Waals surface area contributed by atoms with Gasteiger partial charge in [-0.2, -0.15) is 0 Å². The van der Waals surface area contributed by atoms with Crippen molar-refractivity contribution in [2.45, 2.75) is 44.6 Å². The number of carbonyl (C=O) groups excluding carboxylic acids is 1. The quantitative estimate of drug-likeness (QED) is 0.773. The molecule has 0 saturated heterocycles. The van der Waals surface area contributed by atoms with Crippen LogP contribution in [0.3, 0.4) is 0 Å². The van der Waals surface area contributed by atoms with Gasteiger partial charge in [0, 0.05) is 12.2 Å². The first kappa shape index (κ1) is 15.0. The lowest BCUT2D eigenvalue weighted by Crippen LogP contribution is -2.44. The maximum absolute atomic E-state index is 11.9. The SMILES string of the molecule is Cc1ccccc1NC(=O)CNCC1(O)CCCCC1. The minimum absolute atomic E-state index is 0.0706. The van der Waals surface area contributed by atoms with E-state index in [0.717, 1.165) is 36.9 Å². The van der Waals surface area contributed by atoms with E-state index in [1.807, 2.05) is 31.2 Å². The summed E-state index contributed by atoms with van der Waals surface area (Å²) in [5.74, 6) is -0.0706. The standard InChI is InChI=1S/C16H24N2O2/c1-13-7-3-4-8-14(13)18-15(19)11-17-12-16(20)9-5-2-6-10-16/h3-4,7-8,17,20H,2,5-6,9-12H2,1H3,(H,18,19). The van der Waals surface area contributed by atoms with Crippen LogP contribution in [-0.4, -0.2) is 29.7 Å². The van der Waals surface area contributed by atoms with E-state index >= 15 is 0 Å². The second-order valence-corrected chi connectivity index (χ2v) is 5.75. The van der Waals surface area contributed by atoms with Crippen molar-refractivity contribution in [1.29, 1.82) is 0 Å². The van der Waals surface area contributed by atoms with E-state index in [1.54, 1.807) is 0 Å². The second-order valence-electron chi connectivity index (χ2n) is 5.75. The molecule has 1 aromatic rings. The maximum Gasteiger partial charge on any atom is 0.238 e. The summed E-state index contributed by atoms with van der Waals surface area (Å²) < 4.78 is 0. The van der Waals surface area contributed by atoms with E-state index in [-0.39, 0.29) is 12.5 Å². The number of aliphatic hydroxyl groups is 1. The Bertz CT molecular complexity index is 454. The molecule has 1 aromatic carbocycles. The topological polar surface area (TPSA) is 61.4 Å². The Morgan fingerprint density at radius 1 is 1.25 bits per heavy atom. The zero-order valence-electron chi connectivity index (χ0n) is 12.1. The first-order valence-electron chi connectivity index (χ1n) is 7.38. The predicted molar refractivity (Wildman–Crippen MR) is 80.7 cm³/mol. The van der Waals surface area contributed by atoms with E-state index in [0.29, 0.717) is 6.54 Å². The first-order valence-corrected chi connectivity index (χ1v) is 7.38. The average Bonchev–Trinajstić information content (AvgIpc) is 2.42. The number of hydrogen-bond donors (Lipinski definition) is 3. The Morgan fingerprint density at radius 3 is 2.65 bits per heavy atom. The van der Waals surface area contributed by atoms with Gasteiger partial charge in [-0.3, -0.25) is 4.79 Å². The van der Waals surface area contributed by atoms with Crippen molar-refractivity contribution in [2.24, 2.45) is 0 Å². The van der Waals surface area contributed by atoms with Crippen LogP contribution in [0.2, 0.25) is 0 Å². The largest absolute Gasteiger partial charge is 0.389 e. The number of hydrogen-bond acceptors (Lipinski definition) is 3. The lowest BCUT2D eigenvalue weighted by molar-refractivity contribution is -0.115. The van der Waals surface area contributed by atoms with Crippen LogP contribution in [0.5, 0.6) is 0 Å². The van der Waals surface area contributed by atoms with E-state index < -0.39 is 5.60 Å². The number of carbonyl (C=O) groups is 1. The molecule has 2 rings (SSSR count). The van der Waals surface area contributed by atoms with Gasteiger partial charge < -0.3 is 15.7 Å². The molecule has 20 heavy (non-hydrogen) atoms. The molecule has 0 unspecified atom stereocenters. The number of anilines is 1. The van der Waals surface area contributed by atoms with Gasteiger partial charge in [0.15, 0.2) is 0 Å². The van der Waals surface area contributed by atoms with Crippen molar-refractivity contribution in [1.82, 2.24) is 5.32 Å². The summed E-state index contributed by atoms with van der Waals surface area (Å²) in [6, 6.07) is 7.71. The molecule has 0 atom stereocenters. The predicted octanol–water partition coefficient (Wildman–Crippen LogP) is 2.22. The van der Waals surface area contributed by atoms with Gasteiger partial charge in [0.05, 0.1) is 12.1 Å². The minimum atomic E-state index is -0.624. The summed E-state index contributed by atoms with van der Waals surface area (Å²) in [6.45, 7) is 2.69. The molecule has 1 saturated carbocycles. The van der Waals surface area contributed by atoms with Crippen LogP contribution in [0.1, 0.15) is 37.7 Å². The van der Waals surface area contributed by atoms with Gasteiger partial charge in [-0.05, 0) is 31.4 Å². The molecular formula is C16H24N2O2. The van der Waals surface area contributed by atoms with E-state index in [4.69, 9.17) is 0 Å². The average molecular weight is 276 g/mol. The van der Waals surface area contributed by atoms with Crippen LogP contribution in [0.25, 0.3) is 0 Å². The van der Waals surface area contributed by atoms with Gasteiger partial charge in [-0.25, -0.2) is 0 Å². The summed E-state index contributed by atoms with van der Waals surface area (Å²) in [6.07, 6.45) is 5.02. The monoisotopic (exact) mass is 276 g/mol. The third-order valence-corrected chi connectivity index (χ3v) is 3.94. The molecule has 0 spiro atoms. The van der Waals surface area contributed by atoms with Crippen molar-refractivity contribution in [3.05, 3.63) is 29.8 Å². The molecule has 4 heteroatoms. The molecule has 3 N–H and O–H groups in total. The van der Waals surface area contributed by atoms with Crippen LogP contribution < -0.4 is 10.6 Å². The lowest BCUT2D eigenvalue weighted by Gasteiger charge is -2.32. The fraction of sp³-hybridized carbons (Fsp3) is 0.562. The third-order valence-electron chi connectivity index (χ3n) is 3.94. The van der Waals surface area contributed by atoms with Crippen molar-refractivity contribution < 1.29 is 9.90 Å². The summed E-state index contributed by atoms with van der Waals surface area (Å²) in [7, 11) is 0. The summed E-state index contributed by atoms with van der Waals surface area (Å²) >= 11 is 0. The molecular weight excluding hydrogens is 252 g/mol. The molecule has 4 nitrogen and oxygen atoms in total. The highest BCUT2D eigenvalue weighted by molar-refractivity contribution is 5.92. The van der Waals surface area contributed by atoms with Gasteiger partial charge in [-0.15, -0.1) is 0 Å².